The number of carbonyl (C=O) groups excluding carboxylic acids is 3. The highest BCUT2D eigenvalue weighted by molar-refractivity contribution is 9.10. The van der Waals surface area contributed by atoms with E-state index in [0.29, 0.717) is 31.5 Å². The molecule has 0 unspecified atom stereocenters. The topological polar surface area (TPSA) is 69.7 Å². The van der Waals surface area contributed by atoms with Gasteiger partial charge in [0, 0.05) is 21.9 Å². The smallest absolute Gasteiger partial charge is 0.332 e. The van der Waals surface area contributed by atoms with Crippen LogP contribution in [-0.4, -0.2) is 41.4 Å². The number of urea groups is 1. The summed E-state index contributed by atoms with van der Waals surface area (Å²) in [6.45, 7) is 0.465. The maximum absolute atomic E-state index is 12.9. The van der Waals surface area contributed by atoms with E-state index in [0.717, 1.165) is 9.35 Å². The summed E-state index contributed by atoms with van der Waals surface area (Å²) in [5, 5.41) is 4.97. The molecule has 2 aromatic rings. The molecule has 2 atom stereocenters. The summed E-state index contributed by atoms with van der Waals surface area (Å²) in [5.41, 5.74) is 0.570. The number of nitrogens with zero attached hydrogens (tertiary/aromatic N) is 2. The van der Waals surface area contributed by atoms with E-state index in [9.17, 15) is 14.4 Å². The highest BCUT2D eigenvalue weighted by Gasteiger charge is 2.48. The standard InChI is InChI=1S/C19H18BrN3O3S/c20-12-3-5-14(6-4-12)23-18(25)16-10-13(7-8-22(16)19(23)26)21-17(24)11-15-2-1-9-27-15/h1-6,9,13,16H,7-8,10-11H2,(H,21,24)/t13-,16-/m0/s1. The van der Waals surface area contributed by atoms with Gasteiger partial charge in [0.25, 0.3) is 5.91 Å². The maximum atomic E-state index is 12.9. The number of halogens is 1. The SMILES string of the molecule is O=C(Cc1cccs1)N[C@H]1CCN2C(=O)N(c3ccc(Br)cc3)C(=O)[C@@H]2C1. The summed E-state index contributed by atoms with van der Waals surface area (Å²) < 4.78 is 0.886. The van der Waals surface area contributed by atoms with Gasteiger partial charge in [0.05, 0.1) is 12.1 Å². The first-order chi connectivity index (χ1) is 13.0. The van der Waals surface area contributed by atoms with E-state index in [1.807, 2.05) is 17.5 Å². The number of rotatable bonds is 4. The van der Waals surface area contributed by atoms with Gasteiger partial charge in [0.2, 0.25) is 5.91 Å². The van der Waals surface area contributed by atoms with Crippen LogP contribution in [-0.2, 0) is 16.0 Å². The molecule has 0 aliphatic carbocycles. The monoisotopic (exact) mass is 447 g/mol. The van der Waals surface area contributed by atoms with Crippen LogP contribution in [0.2, 0.25) is 0 Å². The minimum atomic E-state index is -0.512. The van der Waals surface area contributed by atoms with Crippen LogP contribution in [0.4, 0.5) is 10.5 Å². The predicted octanol–water partition coefficient (Wildman–Crippen LogP) is 3.17. The summed E-state index contributed by atoms with van der Waals surface area (Å²) in [4.78, 5) is 41.7. The number of amides is 4. The first-order valence-corrected chi connectivity index (χ1v) is 10.4. The van der Waals surface area contributed by atoms with Crippen molar-refractivity contribution in [2.45, 2.75) is 31.3 Å². The van der Waals surface area contributed by atoms with E-state index in [-0.39, 0.29) is 23.9 Å². The summed E-state index contributed by atoms with van der Waals surface area (Å²) in [6.07, 6.45) is 1.45. The van der Waals surface area contributed by atoms with Gasteiger partial charge in [-0.2, -0.15) is 0 Å². The molecule has 1 N–H and O–H groups in total. The van der Waals surface area contributed by atoms with Crippen molar-refractivity contribution >= 4 is 50.8 Å². The normalized spacial score (nSPS) is 22.1. The van der Waals surface area contributed by atoms with E-state index in [4.69, 9.17) is 0 Å². The Morgan fingerprint density at radius 1 is 1.22 bits per heavy atom. The molecule has 140 valence electrons. The van der Waals surface area contributed by atoms with E-state index in [1.165, 1.54) is 4.90 Å². The number of thiophene rings is 1. The van der Waals surface area contributed by atoms with Gasteiger partial charge in [-0.15, -0.1) is 11.3 Å². The van der Waals surface area contributed by atoms with Crippen molar-refractivity contribution in [1.82, 2.24) is 10.2 Å². The summed E-state index contributed by atoms with van der Waals surface area (Å²) in [6, 6.07) is 10.1. The average Bonchev–Trinajstić information content (AvgIpc) is 3.23. The molecule has 4 amide bonds. The molecule has 2 aliphatic rings. The van der Waals surface area contributed by atoms with Gasteiger partial charge in [0.15, 0.2) is 0 Å². The fraction of sp³-hybridized carbons (Fsp3) is 0.316. The van der Waals surface area contributed by atoms with Gasteiger partial charge in [-0.1, -0.05) is 22.0 Å². The molecule has 2 saturated heterocycles. The molecule has 2 aliphatic heterocycles. The Morgan fingerprint density at radius 3 is 2.70 bits per heavy atom. The molecule has 1 aromatic carbocycles. The highest BCUT2D eigenvalue weighted by Crippen LogP contribution is 2.31. The fourth-order valence-corrected chi connectivity index (χ4v) is 4.58. The third-order valence-electron chi connectivity index (χ3n) is 4.91. The van der Waals surface area contributed by atoms with Crippen LogP contribution in [0.1, 0.15) is 17.7 Å². The number of nitrogens with one attached hydrogen (secondary N) is 1. The largest absolute Gasteiger partial charge is 0.353 e. The number of hydrogen-bond acceptors (Lipinski definition) is 4. The highest BCUT2D eigenvalue weighted by atomic mass is 79.9. The van der Waals surface area contributed by atoms with Crippen molar-refractivity contribution in [3.8, 4) is 0 Å². The van der Waals surface area contributed by atoms with Gasteiger partial charge in [-0.05, 0) is 48.6 Å². The first kappa shape index (κ1) is 18.2. The molecule has 1 aromatic heterocycles. The Morgan fingerprint density at radius 2 is 2.00 bits per heavy atom. The molecule has 6 nitrogen and oxygen atoms in total. The zero-order chi connectivity index (χ0) is 19.0. The number of hydrogen-bond donors (Lipinski definition) is 1. The molecule has 0 radical (unpaired) electrons. The molecule has 0 spiro atoms. The average molecular weight is 448 g/mol. The van der Waals surface area contributed by atoms with Gasteiger partial charge < -0.3 is 10.2 Å². The molecule has 27 heavy (non-hydrogen) atoms. The molecular formula is C19H18BrN3O3S. The van der Waals surface area contributed by atoms with Crippen LogP contribution in [0, 0.1) is 0 Å². The third-order valence-corrected chi connectivity index (χ3v) is 6.31. The van der Waals surface area contributed by atoms with Crippen molar-refractivity contribution in [2.75, 3.05) is 11.4 Å². The maximum Gasteiger partial charge on any atom is 0.332 e. The minimum Gasteiger partial charge on any atom is -0.353 e. The van der Waals surface area contributed by atoms with Crippen LogP contribution < -0.4 is 10.2 Å². The zero-order valence-electron chi connectivity index (χ0n) is 14.4. The first-order valence-electron chi connectivity index (χ1n) is 8.75. The molecule has 8 heteroatoms. The molecule has 3 heterocycles. The van der Waals surface area contributed by atoms with Crippen LogP contribution in [0.5, 0.6) is 0 Å². The zero-order valence-corrected chi connectivity index (χ0v) is 16.8. The second-order valence-corrected chi connectivity index (χ2v) is 8.63. The minimum absolute atomic E-state index is 0.0440. The van der Waals surface area contributed by atoms with Gasteiger partial charge in [-0.25, -0.2) is 9.69 Å². The fourth-order valence-electron chi connectivity index (χ4n) is 3.61. The lowest BCUT2D eigenvalue weighted by Gasteiger charge is -2.32. The van der Waals surface area contributed by atoms with Gasteiger partial charge in [-0.3, -0.25) is 9.59 Å². The third kappa shape index (κ3) is 3.64. The van der Waals surface area contributed by atoms with Crippen molar-refractivity contribution < 1.29 is 14.4 Å². The Balaban J connectivity index is 1.43. The number of fused-ring (bicyclic) bond motifs is 1. The lowest BCUT2D eigenvalue weighted by atomic mass is 9.97. The van der Waals surface area contributed by atoms with Crippen molar-refractivity contribution in [2.24, 2.45) is 0 Å². The van der Waals surface area contributed by atoms with Crippen LogP contribution >= 0.6 is 27.3 Å². The van der Waals surface area contributed by atoms with Crippen molar-refractivity contribution in [3.05, 3.63) is 51.1 Å². The number of carbonyl (C=O) groups is 3. The molecule has 4 rings (SSSR count). The summed E-state index contributed by atoms with van der Waals surface area (Å²) in [5.74, 6) is -0.267. The number of benzene rings is 1. The van der Waals surface area contributed by atoms with E-state index in [1.54, 1.807) is 40.5 Å². The lowest BCUT2D eigenvalue weighted by Crippen LogP contribution is -2.50. The van der Waals surface area contributed by atoms with Crippen LogP contribution in [0.25, 0.3) is 0 Å². The van der Waals surface area contributed by atoms with Crippen LogP contribution in [0.3, 0.4) is 0 Å². The molecule has 0 bridgehead atoms. The molecular weight excluding hydrogens is 430 g/mol. The molecule has 2 fully saturated rings. The second-order valence-electron chi connectivity index (χ2n) is 6.69. The number of piperidine rings is 1. The lowest BCUT2D eigenvalue weighted by molar-refractivity contribution is -0.124. The van der Waals surface area contributed by atoms with Crippen molar-refractivity contribution in [1.29, 1.82) is 0 Å². The summed E-state index contributed by atoms with van der Waals surface area (Å²) in [7, 11) is 0. The van der Waals surface area contributed by atoms with E-state index >= 15 is 0 Å². The van der Waals surface area contributed by atoms with E-state index in [2.05, 4.69) is 21.2 Å². The van der Waals surface area contributed by atoms with E-state index < -0.39 is 6.04 Å². The number of imide groups is 1. The van der Waals surface area contributed by atoms with Gasteiger partial charge in [0.1, 0.15) is 6.04 Å². The Hall–Kier alpha value is -2.19. The van der Waals surface area contributed by atoms with Crippen molar-refractivity contribution in [3.63, 3.8) is 0 Å². The Labute approximate surface area is 169 Å². The predicted molar refractivity (Wildman–Crippen MR) is 107 cm³/mol. The molecule has 0 saturated carbocycles. The summed E-state index contributed by atoms with van der Waals surface area (Å²) >= 11 is 4.91. The Kier molecular flexibility index (Phi) is 5.01. The second kappa shape index (κ2) is 7.44. The Bertz CT molecular complexity index is 869. The van der Waals surface area contributed by atoms with Gasteiger partial charge >= 0.3 is 6.03 Å². The number of anilines is 1. The quantitative estimate of drug-likeness (QED) is 0.731. The van der Waals surface area contributed by atoms with Crippen LogP contribution in [0.15, 0.2) is 46.3 Å².